The summed E-state index contributed by atoms with van der Waals surface area (Å²) in [6.45, 7) is 4.02. The second-order valence-electron chi connectivity index (χ2n) is 6.90. The molecule has 2 N–H and O–H groups in total. The minimum atomic E-state index is -3.71. The highest BCUT2D eigenvalue weighted by Gasteiger charge is 2.28. The van der Waals surface area contributed by atoms with Crippen molar-refractivity contribution in [3.63, 3.8) is 0 Å². The minimum absolute atomic E-state index is 0.0659. The summed E-state index contributed by atoms with van der Waals surface area (Å²) in [5.41, 5.74) is 1.19. The Bertz CT molecular complexity index is 1080. The molecule has 0 aromatic carbocycles. The lowest BCUT2D eigenvalue weighted by atomic mass is 9.95. The molecule has 0 aliphatic heterocycles. The molecule has 0 fully saturated rings. The van der Waals surface area contributed by atoms with Gasteiger partial charge in [0, 0.05) is 11.4 Å². The van der Waals surface area contributed by atoms with Gasteiger partial charge in [0.05, 0.1) is 22.5 Å². The van der Waals surface area contributed by atoms with E-state index in [9.17, 15) is 18.0 Å². The lowest BCUT2D eigenvalue weighted by Crippen LogP contribution is -2.26. The number of nitrogens with zero attached hydrogens (tertiary/aromatic N) is 2. The first-order valence-electron chi connectivity index (χ1n) is 9.77. The summed E-state index contributed by atoms with van der Waals surface area (Å²) in [5, 5.41) is 5.43. The van der Waals surface area contributed by atoms with E-state index in [1.54, 1.807) is 6.92 Å². The molecule has 2 amide bonds. The van der Waals surface area contributed by atoms with Crippen molar-refractivity contribution in [2.75, 3.05) is 17.6 Å². The highest BCUT2D eigenvalue weighted by molar-refractivity contribution is 7.91. The fourth-order valence-electron chi connectivity index (χ4n) is 3.33. The fourth-order valence-corrected chi connectivity index (χ4v) is 5.95. The molecule has 0 saturated heterocycles. The van der Waals surface area contributed by atoms with Gasteiger partial charge in [-0.1, -0.05) is 18.5 Å². The summed E-state index contributed by atoms with van der Waals surface area (Å²) in [6, 6.07) is 0. The highest BCUT2D eigenvalue weighted by atomic mass is 35.5. The molecule has 2 aromatic rings. The van der Waals surface area contributed by atoms with Crippen LogP contribution in [0, 0.1) is 0 Å². The van der Waals surface area contributed by atoms with Crippen LogP contribution >= 0.6 is 22.9 Å². The molecule has 0 saturated carbocycles. The molecule has 0 radical (unpaired) electrons. The first kappa shape index (κ1) is 22.6. The molecule has 30 heavy (non-hydrogen) atoms. The number of sulfone groups is 1. The Kier molecular flexibility index (Phi) is 7.10. The van der Waals surface area contributed by atoms with Crippen LogP contribution in [0.25, 0.3) is 0 Å². The third-order valence-corrected chi connectivity index (χ3v) is 7.83. The lowest BCUT2D eigenvalue weighted by molar-refractivity contribution is 0.0956. The molecule has 2 heterocycles. The number of nitrogens with one attached hydrogen (secondary N) is 2. The van der Waals surface area contributed by atoms with E-state index in [2.05, 4.69) is 20.6 Å². The molecule has 3 rings (SSSR count). The number of aryl methyl sites for hydroxylation is 1. The molecule has 0 spiro atoms. The number of carbonyl (C=O) groups excluding carboxylic acids is 2. The van der Waals surface area contributed by atoms with E-state index in [-0.39, 0.29) is 22.4 Å². The van der Waals surface area contributed by atoms with E-state index < -0.39 is 20.9 Å². The zero-order chi connectivity index (χ0) is 21.9. The van der Waals surface area contributed by atoms with E-state index in [1.807, 2.05) is 6.92 Å². The van der Waals surface area contributed by atoms with Gasteiger partial charge in [0.2, 0.25) is 15.0 Å². The number of amides is 2. The molecule has 0 bridgehead atoms. The van der Waals surface area contributed by atoms with Gasteiger partial charge in [-0.25, -0.2) is 18.4 Å². The van der Waals surface area contributed by atoms with Gasteiger partial charge >= 0.3 is 0 Å². The summed E-state index contributed by atoms with van der Waals surface area (Å²) >= 11 is 7.45. The van der Waals surface area contributed by atoms with E-state index in [0.29, 0.717) is 23.5 Å². The Labute approximate surface area is 184 Å². The second-order valence-corrected chi connectivity index (χ2v) is 10.4. The summed E-state index contributed by atoms with van der Waals surface area (Å²) < 4.78 is 24.5. The quantitative estimate of drug-likeness (QED) is 0.599. The van der Waals surface area contributed by atoms with Crippen LogP contribution in [0.3, 0.4) is 0 Å². The zero-order valence-corrected chi connectivity index (χ0v) is 19.1. The SMILES string of the molecule is CCCS(=O)(=O)c1ncc(Cl)c(C(=O)Nc2sc3c(c2C(=O)NCC)CCCC3)n1. The highest BCUT2D eigenvalue weighted by Crippen LogP contribution is 2.38. The molecule has 8 nitrogen and oxygen atoms in total. The van der Waals surface area contributed by atoms with Crippen LogP contribution in [0.1, 0.15) is 64.4 Å². The van der Waals surface area contributed by atoms with Crippen molar-refractivity contribution in [1.82, 2.24) is 15.3 Å². The fraction of sp³-hybridized carbons (Fsp3) is 0.474. The summed E-state index contributed by atoms with van der Waals surface area (Å²) in [5.74, 6) is -1.05. The van der Waals surface area contributed by atoms with Crippen LogP contribution in [0.15, 0.2) is 11.4 Å². The Morgan fingerprint density at radius 3 is 2.63 bits per heavy atom. The predicted molar refractivity (Wildman–Crippen MR) is 116 cm³/mol. The smallest absolute Gasteiger partial charge is 0.276 e. The third kappa shape index (κ3) is 4.65. The molecular weight excluding hydrogens is 448 g/mol. The van der Waals surface area contributed by atoms with E-state index in [1.165, 1.54) is 11.3 Å². The summed E-state index contributed by atoms with van der Waals surface area (Å²) in [7, 11) is -3.71. The van der Waals surface area contributed by atoms with Crippen LogP contribution < -0.4 is 10.6 Å². The third-order valence-electron chi connectivity index (χ3n) is 4.65. The second kappa shape index (κ2) is 9.40. The average molecular weight is 471 g/mol. The van der Waals surface area contributed by atoms with Gasteiger partial charge in [-0.05, 0) is 44.6 Å². The lowest BCUT2D eigenvalue weighted by Gasteiger charge is -2.13. The summed E-state index contributed by atoms with van der Waals surface area (Å²) in [4.78, 5) is 34.3. The van der Waals surface area contributed by atoms with Crippen molar-refractivity contribution in [2.45, 2.75) is 51.1 Å². The van der Waals surface area contributed by atoms with Gasteiger partial charge in [-0.3, -0.25) is 9.59 Å². The number of anilines is 1. The van der Waals surface area contributed by atoms with Crippen LogP contribution in [-0.4, -0.2) is 42.5 Å². The topological polar surface area (TPSA) is 118 Å². The van der Waals surface area contributed by atoms with Crippen LogP contribution in [0.5, 0.6) is 0 Å². The maximum absolute atomic E-state index is 12.9. The van der Waals surface area contributed by atoms with Gasteiger partial charge in [0.25, 0.3) is 11.8 Å². The van der Waals surface area contributed by atoms with Crippen molar-refractivity contribution in [1.29, 1.82) is 0 Å². The van der Waals surface area contributed by atoms with Crippen molar-refractivity contribution >= 4 is 49.6 Å². The van der Waals surface area contributed by atoms with Gasteiger partial charge in [-0.2, -0.15) is 0 Å². The van der Waals surface area contributed by atoms with Gasteiger partial charge in [0.1, 0.15) is 5.00 Å². The summed E-state index contributed by atoms with van der Waals surface area (Å²) in [6.07, 6.45) is 5.16. The molecule has 0 atom stereocenters. The molecule has 1 aliphatic carbocycles. The molecule has 0 unspecified atom stereocenters. The zero-order valence-electron chi connectivity index (χ0n) is 16.7. The number of halogens is 1. The Morgan fingerprint density at radius 2 is 1.93 bits per heavy atom. The van der Waals surface area contributed by atoms with Crippen molar-refractivity contribution in [3.8, 4) is 0 Å². The molecule has 162 valence electrons. The number of thiophene rings is 1. The van der Waals surface area contributed by atoms with Gasteiger partial charge in [0.15, 0.2) is 5.69 Å². The van der Waals surface area contributed by atoms with Crippen LogP contribution in [-0.2, 0) is 22.7 Å². The van der Waals surface area contributed by atoms with E-state index >= 15 is 0 Å². The number of hydrogen-bond acceptors (Lipinski definition) is 7. The van der Waals surface area contributed by atoms with Crippen molar-refractivity contribution in [2.24, 2.45) is 0 Å². The number of aromatic nitrogens is 2. The maximum atomic E-state index is 12.9. The Morgan fingerprint density at radius 1 is 1.20 bits per heavy atom. The molecular formula is C19H23ClN4O4S2. The van der Waals surface area contributed by atoms with Crippen LogP contribution in [0.4, 0.5) is 5.00 Å². The first-order valence-corrected chi connectivity index (χ1v) is 12.6. The number of hydrogen-bond donors (Lipinski definition) is 2. The largest absolute Gasteiger partial charge is 0.352 e. The Hall–Kier alpha value is -2.04. The molecule has 2 aromatic heterocycles. The standard InChI is InChI=1S/C19H23ClN4O4S2/c1-3-9-30(27,28)19-22-10-12(20)15(23-19)17(26)24-18-14(16(25)21-4-2)11-7-5-6-8-13(11)29-18/h10H,3-9H2,1-2H3,(H,21,25)(H,24,26). The monoisotopic (exact) mass is 470 g/mol. The molecule has 1 aliphatic rings. The number of fused-ring (bicyclic) bond motifs is 1. The van der Waals surface area contributed by atoms with Gasteiger partial charge < -0.3 is 10.6 Å². The molecule has 11 heteroatoms. The normalized spacial score (nSPS) is 13.6. The van der Waals surface area contributed by atoms with E-state index in [0.717, 1.165) is 42.3 Å². The van der Waals surface area contributed by atoms with Crippen molar-refractivity contribution < 1.29 is 18.0 Å². The first-order chi connectivity index (χ1) is 14.3. The maximum Gasteiger partial charge on any atom is 0.276 e. The van der Waals surface area contributed by atoms with Crippen LogP contribution in [0.2, 0.25) is 5.02 Å². The average Bonchev–Trinajstić information content (AvgIpc) is 3.06. The van der Waals surface area contributed by atoms with Gasteiger partial charge in [-0.15, -0.1) is 11.3 Å². The predicted octanol–water partition coefficient (Wildman–Crippen LogP) is 3.26. The van der Waals surface area contributed by atoms with E-state index in [4.69, 9.17) is 11.6 Å². The minimum Gasteiger partial charge on any atom is -0.352 e. The number of rotatable bonds is 7. The number of carbonyl (C=O) groups is 2. The van der Waals surface area contributed by atoms with Crippen molar-refractivity contribution in [3.05, 3.63) is 32.9 Å². The Balaban J connectivity index is 1.97.